The summed E-state index contributed by atoms with van der Waals surface area (Å²) in [6, 6.07) is 7.80. The fourth-order valence-corrected chi connectivity index (χ4v) is 2.60. The number of hydrogen-bond donors (Lipinski definition) is 1. The third kappa shape index (κ3) is 3.82. The SMILES string of the molecule is Cc1cccc(-n2ncc(C(=O)N(CCC(=O)O)C(C)C)c2C)c1. The monoisotopic (exact) mass is 329 g/mol. The van der Waals surface area contributed by atoms with Gasteiger partial charge in [0.1, 0.15) is 0 Å². The normalized spacial score (nSPS) is 10.9. The van der Waals surface area contributed by atoms with Gasteiger partial charge in [0.2, 0.25) is 0 Å². The fraction of sp³-hybridized carbons (Fsp3) is 0.389. The van der Waals surface area contributed by atoms with Crippen molar-refractivity contribution in [3.63, 3.8) is 0 Å². The number of aromatic nitrogens is 2. The molecule has 0 saturated carbocycles. The molecule has 1 heterocycles. The third-order valence-corrected chi connectivity index (χ3v) is 3.94. The zero-order chi connectivity index (χ0) is 17.9. The largest absolute Gasteiger partial charge is 0.481 e. The molecule has 0 fully saturated rings. The molecule has 1 N–H and O–H groups in total. The van der Waals surface area contributed by atoms with Crippen LogP contribution in [0.5, 0.6) is 0 Å². The van der Waals surface area contributed by atoms with Crippen molar-refractivity contribution in [2.45, 2.75) is 40.2 Å². The molecule has 1 aromatic heterocycles. The summed E-state index contributed by atoms with van der Waals surface area (Å²) in [6.07, 6.45) is 1.48. The highest BCUT2D eigenvalue weighted by Crippen LogP contribution is 2.18. The summed E-state index contributed by atoms with van der Waals surface area (Å²) in [7, 11) is 0. The summed E-state index contributed by atoms with van der Waals surface area (Å²) < 4.78 is 1.73. The predicted octanol–water partition coefficient (Wildman–Crippen LogP) is 2.81. The van der Waals surface area contributed by atoms with Crippen LogP contribution < -0.4 is 0 Å². The second-order valence-corrected chi connectivity index (χ2v) is 6.13. The van der Waals surface area contributed by atoms with Crippen LogP contribution in [0, 0.1) is 13.8 Å². The Morgan fingerprint density at radius 1 is 1.29 bits per heavy atom. The van der Waals surface area contributed by atoms with E-state index in [0.717, 1.165) is 16.9 Å². The van der Waals surface area contributed by atoms with Crippen molar-refractivity contribution in [1.29, 1.82) is 0 Å². The van der Waals surface area contributed by atoms with E-state index in [1.807, 2.05) is 52.0 Å². The van der Waals surface area contributed by atoms with E-state index >= 15 is 0 Å². The molecule has 0 aliphatic rings. The van der Waals surface area contributed by atoms with Gasteiger partial charge in [-0.1, -0.05) is 12.1 Å². The zero-order valence-corrected chi connectivity index (χ0v) is 14.5. The van der Waals surface area contributed by atoms with Crippen molar-refractivity contribution >= 4 is 11.9 Å². The molecular formula is C18H23N3O3. The number of aliphatic carboxylic acids is 1. The minimum atomic E-state index is -0.916. The Labute approximate surface area is 141 Å². The molecule has 0 bridgehead atoms. The van der Waals surface area contributed by atoms with E-state index in [4.69, 9.17) is 5.11 Å². The van der Waals surface area contributed by atoms with Crippen molar-refractivity contribution in [1.82, 2.24) is 14.7 Å². The smallest absolute Gasteiger partial charge is 0.305 e. The quantitative estimate of drug-likeness (QED) is 0.884. The maximum absolute atomic E-state index is 12.8. The maximum atomic E-state index is 12.8. The van der Waals surface area contributed by atoms with E-state index in [-0.39, 0.29) is 24.9 Å². The summed E-state index contributed by atoms with van der Waals surface area (Å²) >= 11 is 0. The second-order valence-electron chi connectivity index (χ2n) is 6.13. The number of aryl methyl sites for hydroxylation is 1. The van der Waals surface area contributed by atoms with Crippen LogP contribution >= 0.6 is 0 Å². The molecule has 0 radical (unpaired) electrons. The second kappa shape index (κ2) is 7.29. The average molecular weight is 329 g/mol. The molecule has 2 rings (SSSR count). The number of carbonyl (C=O) groups is 2. The first-order valence-electron chi connectivity index (χ1n) is 7.95. The zero-order valence-electron chi connectivity index (χ0n) is 14.5. The van der Waals surface area contributed by atoms with Crippen LogP contribution in [0.1, 0.15) is 41.9 Å². The average Bonchev–Trinajstić information content (AvgIpc) is 2.88. The van der Waals surface area contributed by atoms with Crippen LogP contribution in [0.25, 0.3) is 5.69 Å². The van der Waals surface area contributed by atoms with Gasteiger partial charge in [0.15, 0.2) is 0 Å². The first-order valence-corrected chi connectivity index (χ1v) is 7.95. The molecule has 24 heavy (non-hydrogen) atoms. The minimum absolute atomic E-state index is 0.0744. The summed E-state index contributed by atoms with van der Waals surface area (Å²) in [5.41, 5.74) is 3.25. The van der Waals surface area contributed by atoms with E-state index in [1.54, 1.807) is 15.8 Å². The standard InChI is InChI=1S/C18H23N3O3/c1-12(2)20(9-8-17(22)23)18(24)16-11-19-21(14(16)4)15-7-5-6-13(3)10-15/h5-7,10-12H,8-9H2,1-4H3,(H,22,23). The molecular weight excluding hydrogens is 306 g/mol. The number of carbonyl (C=O) groups excluding carboxylic acids is 1. The van der Waals surface area contributed by atoms with Gasteiger partial charge in [-0.25, -0.2) is 4.68 Å². The minimum Gasteiger partial charge on any atom is -0.481 e. The summed E-state index contributed by atoms with van der Waals surface area (Å²) in [4.78, 5) is 25.2. The lowest BCUT2D eigenvalue weighted by Crippen LogP contribution is -2.38. The van der Waals surface area contributed by atoms with Crippen molar-refractivity contribution in [3.05, 3.63) is 47.3 Å². The molecule has 0 unspecified atom stereocenters. The number of hydrogen-bond acceptors (Lipinski definition) is 3. The van der Waals surface area contributed by atoms with E-state index in [2.05, 4.69) is 5.10 Å². The molecule has 1 aromatic carbocycles. The number of nitrogens with zero attached hydrogens (tertiary/aromatic N) is 3. The van der Waals surface area contributed by atoms with Crippen LogP contribution in [0.3, 0.4) is 0 Å². The molecule has 6 nitrogen and oxygen atoms in total. The van der Waals surface area contributed by atoms with Gasteiger partial charge in [-0.2, -0.15) is 5.10 Å². The number of rotatable bonds is 6. The van der Waals surface area contributed by atoms with Gasteiger partial charge in [-0.3, -0.25) is 9.59 Å². The Morgan fingerprint density at radius 2 is 2.00 bits per heavy atom. The lowest BCUT2D eigenvalue weighted by atomic mass is 10.1. The first kappa shape index (κ1) is 17.7. The number of benzene rings is 1. The van der Waals surface area contributed by atoms with E-state index in [0.29, 0.717) is 5.56 Å². The fourth-order valence-electron chi connectivity index (χ4n) is 2.60. The lowest BCUT2D eigenvalue weighted by Gasteiger charge is -2.26. The molecule has 0 atom stereocenters. The van der Waals surface area contributed by atoms with Gasteiger partial charge in [0.05, 0.1) is 29.6 Å². The van der Waals surface area contributed by atoms with Crippen molar-refractivity contribution in [3.8, 4) is 5.69 Å². The van der Waals surface area contributed by atoms with Crippen LogP contribution in [-0.4, -0.2) is 44.3 Å². The lowest BCUT2D eigenvalue weighted by molar-refractivity contribution is -0.137. The highest BCUT2D eigenvalue weighted by Gasteiger charge is 2.23. The van der Waals surface area contributed by atoms with Crippen molar-refractivity contribution < 1.29 is 14.7 Å². The van der Waals surface area contributed by atoms with Crippen LogP contribution in [0.2, 0.25) is 0 Å². The highest BCUT2D eigenvalue weighted by molar-refractivity contribution is 5.95. The third-order valence-electron chi connectivity index (χ3n) is 3.94. The number of carboxylic acids is 1. The number of carboxylic acid groups (broad SMARTS) is 1. The molecule has 0 aliphatic carbocycles. The Hall–Kier alpha value is -2.63. The topological polar surface area (TPSA) is 75.4 Å². The molecule has 128 valence electrons. The van der Waals surface area contributed by atoms with Crippen molar-refractivity contribution in [2.24, 2.45) is 0 Å². The van der Waals surface area contributed by atoms with Gasteiger partial charge >= 0.3 is 5.97 Å². The van der Waals surface area contributed by atoms with E-state index in [1.165, 1.54) is 0 Å². The van der Waals surface area contributed by atoms with Gasteiger partial charge in [-0.15, -0.1) is 0 Å². The summed E-state index contributed by atoms with van der Waals surface area (Å²) in [5.74, 6) is -1.11. The van der Waals surface area contributed by atoms with Crippen LogP contribution in [0.4, 0.5) is 0 Å². The molecule has 0 spiro atoms. The summed E-state index contributed by atoms with van der Waals surface area (Å²) in [5, 5.41) is 13.2. The van der Waals surface area contributed by atoms with Gasteiger partial charge in [0, 0.05) is 12.6 Å². The van der Waals surface area contributed by atoms with Crippen molar-refractivity contribution in [2.75, 3.05) is 6.54 Å². The predicted molar refractivity (Wildman–Crippen MR) is 91.5 cm³/mol. The Kier molecular flexibility index (Phi) is 5.39. The van der Waals surface area contributed by atoms with Gasteiger partial charge < -0.3 is 10.0 Å². The molecule has 0 saturated heterocycles. The molecule has 2 aromatic rings. The first-order chi connectivity index (χ1) is 11.3. The van der Waals surface area contributed by atoms with Crippen LogP contribution in [-0.2, 0) is 4.79 Å². The van der Waals surface area contributed by atoms with Gasteiger partial charge in [-0.05, 0) is 45.4 Å². The molecule has 0 aliphatic heterocycles. The highest BCUT2D eigenvalue weighted by atomic mass is 16.4. The van der Waals surface area contributed by atoms with Crippen LogP contribution in [0.15, 0.2) is 30.5 Å². The summed E-state index contributed by atoms with van der Waals surface area (Å²) in [6.45, 7) is 7.78. The molecule has 6 heteroatoms. The Balaban J connectivity index is 2.31. The van der Waals surface area contributed by atoms with Gasteiger partial charge in [0.25, 0.3) is 5.91 Å². The van der Waals surface area contributed by atoms with E-state index < -0.39 is 5.97 Å². The maximum Gasteiger partial charge on any atom is 0.305 e. The van der Waals surface area contributed by atoms with E-state index in [9.17, 15) is 9.59 Å². The Bertz CT molecular complexity index is 750. The number of amides is 1. The Morgan fingerprint density at radius 3 is 2.58 bits per heavy atom. The molecule has 1 amide bonds.